The van der Waals surface area contributed by atoms with Crippen LogP contribution in [0.5, 0.6) is 0 Å². The fourth-order valence-electron chi connectivity index (χ4n) is 3.92. The van der Waals surface area contributed by atoms with Gasteiger partial charge in [-0.15, -0.1) is 0 Å². The van der Waals surface area contributed by atoms with E-state index < -0.39 is 0 Å². The van der Waals surface area contributed by atoms with Crippen molar-refractivity contribution in [3.63, 3.8) is 0 Å². The summed E-state index contributed by atoms with van der Waals surface area (Å²) in [4.78, 5) is 30.6. The van der Waals surface area contributed by atoms with Gasteiger partial charge in [0.05, 0.1) is 6.33 Å². The number of hydrogen-bond acceptors (Lipinski definition) is 3. The minimum Gasteiger partial charge on any atom is -0.343 e. The van der Waals surface area contributed by atoms with E-state index in [0.29, 0.717) is 23.3 Å². The average Bonchev–Trinajstić information content (AvgIpc) is 3.05. The summed E-state index contributed by atoms with van der Waals surface area (Å²) in [6, 6.07) is 0. The SMILES string of the molecule is Cc1cncn(CC2CCN(C(=O)CC3CCCC3)CC2)c1=O. The third-order valence-electron chi connectivity index (χ3n) is 5.43. The summed E-state index contributed by atoms with van der Waals surface area (Å²) in [5.74, 6) is 1.42. The van der Waals surface area contributed by atoms with E-state index in [-0.39, 0.29) is 5.56 Å². The average molecular weight is 317 g/mol. The summed E-state index contributed by atoms with van der Waals surface area (Å²) in [5, 5.41) is 0. The molecule has 126 valence electrons. The Hall–Kier alpha value is -1.65. The van der Waals surface area contributed by atoms with E-state index in [0.717, 1.165) is 38.9 Å². The van der Waals surface area contributed by atoms with Gasteiger partial charge in [-0.2, -0.15) is 0 Å². The Labute approximate surface area is 137 Å². The van der Waals surface area contributed by atoms with E-state index in [1.54, 1.807) is 24.0 Å². The maximum Gasteiger partial charge on any atom is 0.256 e. The molecule has 0 N–H and O–H groups in total. The van der Waals surface area contributed by atoms with Crippen LogP contribution in [0.25, 0.3) is 0 Å². The van der Waals surface area contributed by atoms with E-state index in [1.165, 1.54) is 25.7 Å². The van der Waals surface area contributed by atoms with Gasteiger partial charge in [-0.1, -0.05) is 12.8 Å². The normalized spacial score (nSPS) is 20.1. The summed E-state index contributed by atoms with van der Waals surface area (Å²) in [7, 11) is 0. The van der Waals surface area contributed by atoms with Crippen molar-refractivity contribution in [2.24, 2.45) is 11.8 Å². The molecule has 5 nitrogen and oxygen atoms in total. The zero-order valence-corrected chi connectivity index (χ0v) is 14.0. The van der Waals surface area contributed by atoms with Gasteiger partial charge in [0.2, 0.25) is 5.91 Å². The molecule has 1 amide bonds. The number of carbonyl (C=O) groups is 1. The van der Waals surface area contributed by atoms with E-state index >= 15 is 0 Å². The first-order valence-electron chi connectivity index (χ1n) is 8.92. The second-order valence-corrected chi connectivity index (χ2v) is 7.21. The predicted octanol–water partition coefficient (Wildman–Crippen LogP) is 2.37. The maximum atomic E-state index is 12.4. The number of aryl methyl sites for hydroxylation is 1. The molecular weight excluding hydrogens is 290 g/mol. The van der Waals surface area contributed by atoms with Gasteiger partial charge in [0.15, 0.2) is 0 Å². The van der Waals surface area contributed by atoms with Gasteiger partial charge in [0, 0.05) is 37.8 Å². The predicted molar refractivity (Wildman–Crippen MR) is 89.1 cm³/mol. The van der Waals surface area contributed by atoms with E-state index in [1.807, 2.05) is 4.90 Å². The summed E-state index contributed by atoms with van der Waals surface area (Å²) < 4.78 is 1.72. The minimum atomic E-state index is 0.0553. The molecule has 0 unspecified atom stereocenters. The lowest BCUT2D eigenvalue weighted by Crippen LogP contribution is -2.40. The molecule has 2 heterocycles. The second-order valence-electron chi connectivity index (χ2n) is 7.21. The standard InChI is InChI=1S/C18H27N3O2/c1-14-11-19-13-21(18(14)23)12-16-6-8-20(9-7-16)17(22)10-15-4-2-3-5-15/h11,13,15-16H,2-10,12H2,1H3. The minimum absolute atomic E-state index is 0.0553. The highest BCUT2D eigenvalue weighted by atomic mass is 16.2. The molecule has 2 fully saturated rings. The molecule has 0 bridgehead atoms. The first-order valence-corrected chi connectivity index (χ1v) is 8.92. The largest absolute Gasteiger partial charge is 0.343 e. The first-order chi connectivity index (χ1) is 11.1. The zero-order valence-electron chi connectivity index (χ0n) is 14.0. The highest BCUT2D eigenvalue weighted by molar-refractivity contribution is 5.76. The number of nitrogens with zero attached hydrogens (tertiary/aromatic N) is 3. The Morgan fingerprint density at radius 2 is 1.87 bits per heavy atom. The molecule has 1 saturated carbocycles. The topological polar surface area (TPSA) is 55.2 Å². The molecule has 0 atom stereocenters. The van der Waals surface area contributed by atoms with E-state index in [9.17, 15) is 9.59 Å². The molecule has 1 aromatic rings. The molecule has 5 heteroatoms. The Bertz CT molecular complexity index is 597. The Balaban J connectivity index is 1.49. The Morgan fingerprint density at radius 3 is 2.57 bits per heavy atom. The van der Waals surface area contributed by atoms with Crippen molar-refractivity contribution in [3.05, 3.63) is 28.4 Å². The van der Waals surface area contributed by atoms with Gasteiger partial charge in [0.25, 0.3) is 5.56 Å². The molecule has 1 aliphatic carbocycles. The van der Waals surface area contributed by atoms with Crippen molar-refractivity contribution in [1.82, 2.24) is 14.5 Å². The quantitative estimate of drug-likeness (QED) is 0.856. The van der Waals surface area contributed by atoms with Crippen LogP contribution >= 0.6 is 0 Å². The molecule has 3 rings (SSSR count). The van der Waals surface area contributed by atoms with Gasteiger partial charge >= 0.3 is 0 Å². The molecule has 0 spiro atoms. The number of piperidine rings is 1. The van der Waals surface area contributed by atoms with Crippen LogP contribution in [0, 0.1) is 18.8 Å². The number of amides is 1. The van der Waals surface area contributed by atoms with Crippen molar-refractivity contribution in [2.45, 2.75) is 58.4 Å². The van der Waals surface area contributed by atoms with Crippen LogP contribution in [-0.2, 0) is 11.3 Å². The summed E-state index contributed by atoms with van der Waals surface area (Å²) in [6.45, 7) is 4.20. The van der Waals surface area contributed by atoms with Crippen LogP contribution < -0.4 is 5.56 Å². The van der Waals surface area contributed by atoms with Crippen molar-refractivity contribution in [3.8, 4) is 0 Å². The van der Waals surface area contributed by atoms with Crippen LogP contribution in [0.2, 0.25) is 0 Å². The molecule has 2 aliphatic rings. The van der Waals surface area contributed by atoms with Crippen LogP contribution in [0.3, 0.4) is 0 Å². The van der Waals surface area contributed by atoms with E-state index in [4.69, 9.17) is 0 Å². The highest BCUT2D eigenvalue weighted by Gasteiger charge is 2.26. The smallest absolute Gasteiger partial charge is 0.256 e. The lowest BCUT2D eigenvalue weighted by atomic mass is 9.95. The van der Waals surface area contributed by atoms with Gasteiger partial charge in [-0.25, -0.2) is 4.98 Å². The summed E-state index contributed by atoms with van der Waals surface area (Å²) in [5.41, 5.74) is 0.747. The van der Waals surface area contributed by atoms with Crippen LogP contribution in [0.15, 0.2) is 17.3 Å². The van der Waals surface area contributed by atoms with Gasteiger partial charge in [-0.3, -0.25) is 14.2 Å². The van der Waals surface area contributed by atoms with Crippen molar-refractivity contribution >= 4 is 5.91 Å². The van der Waals surface area contributed by atoms with Gasteiger partial charge in [0.1, 0.15) is 0 Å². The molecule has 1 aromatic heterocycles. The third-order valence-corrected chi connectivity index (χ3v) is 5.43. The third kappa shape index (κ3) is 4.01. The van der Waals surface area contributed by atoms with Crippen molar-refractivity contribution in [2.75, 3.05) is 13.1 Å². The molecule has 0 aromatic carbocycles. The lowest BCUT2D eigenvalue weighted by molar-refractivity contribution is -0.133. The Kier molecular flexibility index (Phi) is 5.13. The highest BCUT2D eigenvalue weighted by Crippen LogP contribution is 2.29. The number of carbonyl (C=O) groups excluding carboxylic acids is 1. The van der Waals surface area contributed by atoms with Crippen molar-refractivity contribution in [1.29, 1.82) is 0 Å². The number of hydrogen-bond donors (Lipinski definition) is 0. The van der Waals surface area contributed by atoms with Crippen LogP contribution in [-0.4, -0.2) is 33.4 Å². The van der Waals surface area contributed by atoms with E-state index in [2.05, 4.69) is 4.98 Å². The molecule has 1 aliphatic heterocycles. The monoisotopic (exact) mass is 317 g/mol. The van der Waals surface area contributed by atoms with Gasteiger partial charge < -0.3 is 4.90 Å². The molecule has 1 saturated heterocycles. The summed E-state index contributed by atoms with van der Waals surface area (Å²) in [6.07, 6.45) is 11.0. The Morgan fingerprint density at radius 1 is 1.17 bits per heavy atom. The number of aromatic nitrogens is 2. The first kappa shape index (κ1) is 16.2. The fourth-order valence-corrected chi connectivity index (χ4v) is 3.92. The zero-order chi connectivity index (χ0) is 16.2. The number of rotatable bonds is 4. The lowest BCUT2D eigenvalue weighted by Gasteiger charge is -2.33. The van der Waals surface area contributed by atoms with Crippen LogP contribution in [0.1, 0.15) is 50.5 Å². The molecule has 23 heavy (non-hydrogen) atoms. The van der Waals surface area contributed by atoms with Gasteiger partial charge in [-0.05, 0) is 44.4 Å². The summed E-state index contributed by atoms with van der Waals surface area (Å²) >= 11 is 0. The fraction of sp³-hybridized carbons (Fsp3) is 0.722. The van der Waals surface area contributed by atoms with Crippen LogP contribution in [0.4, 0.5) is 0 Å². The molecule has 0 radical (unpaired) electrons. The van der Waals surface area contributed by atoms with Crippen molar-refractivity contribution < 1.29 is 4.79 Å². The second kappa shape index (κ2) is 7.28. The molecular formula is C18H27N3O2. The maximum absolute atomic E-state index is 12.4. The number of likely N-dealkylation sites (tertiary alicyclic amines) is 1.